The smallest absolute Gasteiger partial charge is 0.309 e. The second-order valence-corrected chi connectivity index (χ2v) is 5.38. The van der Waals surface area contributed by atoms with Crippen molar-refractivity contribution in [3.63, 3.8) is 0 Å². The van der Waals surface area contributed by atoms with Gasteiger partial charge in [0, 0.05) is 6.42 Å². The average molecular weight is 279 g/mol. The maximum atomic E-state index is 11.6. The first-order chi connectivity index (χ1) is 9.31. The van der Waals surface area contributed by atoms with Crippen LogP contribution in [0.3, 0.4) is 0 Å². The van der Waals surface area contributed by atoms with Crippen LogP contribution in [0.2, 0.25) is 0 Å². The van der Waals surface area contributed by atoms with Crippen LogP contribution in [0.5, 0.6) is 5.75 Å². The minimum atomic E-state index is -1.05. The summed E-state index contributed by atoms with van der Waals surface area (Å²) in [5, 5.41) is 11.6. The second-order valence-electron chi connectivity index (χ2n) is 5.38. The lowest BCUT2D eigenvalue weighted by atomic mass is 9.89. The zero-order chi connectivity index (χ0) is 15.2. The van der Waals surface area contributed by atoms with E-state index in [9.17, 15) is 9.59 Å². The molecule has 0 unspecified atom stereocenters. The fourth-order valence-corrected chi connectivity index (χ4v) is 1.60. The molecule has 20 heavy (non-hydrogen) atoms. The van der Waals surface area contributed by atoms with Gasteiger partial charge in [-0.1, -0.05) is 12.1 Å². The monoisotopic (exact) mass is 279 g/mol. The molecule has 5 heteroatoms. The molecule has 110 valence electrons. The lowest BCUT2D eigenvalue weighted by Gasteiger charge is -2.18. The third-order valence-corrected chi connectivity index (χ3v) is 2.86. The Morgan fingerprint density at radius 1 is 1.35 bits per heavy atom. The van der Waals surface area contributed by atoms with Crippen molar-refractivity contribution in [3.05, 3.63) is 29.8 Å². The molecule has 0 aliphatic carbocycles. The molecule has 1 rings (SSSR count). The van der Waals surface area contributed by atoms with E-state index in [1.807, 2.05) is 31.2 Å². The SMILES string of the molecule is Cc1cccc(OCCNC(=O)CC(C)(C)C(=O)O)c1. The molecule has 0 bridgehead atoms. The number of rotatable bonds is 7. The Kier molecular flexibility index (Phi) is 5.55. The Morgan fingerprint density at radius 2 is 2.05 bits per heavy atom. The number of benzene rings is 1. The minimum Gasteiger partial charge on any atom is -0.492 e. The molecule has 2 N–H and O–H groups in total. The lowest BCUT2D eigenvalue weighted by Crippen LogP contribution is -2.35. The first-order valence-electron chi connectivity index (χ1n) is 6.51. The summed E-state index contributed by atoms with van der Waals surface area (Å²) in [5.41, 5.74) is 0.0522. The molecule has 0 radical (unpaired) electrons. The predicted octanol–water partition coefficient (Wildman–Crippen LogP) is 1.99. The van der Waals surface area contributed by atoms with E-state index < -0.39 is 11.4 Å². The molecule has 0 heterocycles. The first kappa shape index (κ1) is 16.0. The van der Waals surface area contributed by atoms with Gasteiger partial charge in [0.2, 0.25) is 5.91 Å². The number of amides is 1. The third kappa shape index (κ3) is 5.30. The highest BCUT2D eigenvalue weighted by atomic mass is 16.5. The van der Waals surface area contributed by atoms with Crippen molar-refractivity contribution in [3.8, 4) is 5.75 Å². The summed E-state index contributed by atoms with van der Waals surface area (Å²) in [5.74, 6) is -0.515. The molecule has 5 nitrogen and oxygen atoms in total. The van der Waals surface area contributed by atoms with Gasteiger partial charge in [-0.05, 0) is 38.5 Å². The van der Waals surface area contributed by atoms with Crippen LogP contribution >= 0.6 is 0 Å². The number of hydrogen-bond donors (Lipinski definition) is 2. The van der Waals surface area contributed by atoms with E-state index in [1.165, 1.54) is 13.8 Å². The van der Waals surface area contributed by atoms with E-state index in [2.05, 4.69) is 5.32 Å². The summed E-state index contributed by atoms with van der Waals surface area (Å²) in [4.78, 5) is 22.5. The summed E-state index contributed by atoms with van der Waals surface area (Å²) < 4.78 is 5.48. The quantitative estimate of drug-likeness (QED) is 0.748. The van der Waals surface area contributed by atoms with Crippen LogP contribution in [-0.4, -0.2) is 30.1 Å². The van der Waals surface area contributed by atoms with E-state index >= 15 is 0 Å². The number of carboxylic acids is 1. The number of ether oxygens (including phenoxy) is 1. The zero-order valence-corrected chi connectivity index (χ0v) is 12.1. The van der Waals surface area contributed by atoms with Gasteiger partial charge in [-0.25, -0.2) is 0 Å². The van der Waals surface area contributed by atoms with Crippen molar-refractivity contribution < 1.29 is 19.4 Å². The van der Waals surface area contributed by atoms with Gasteiger partial charge in [-0.15, -0.1) is 0 Å². The van der Waals surface area contributed by atoms with E-state index in [1.54, 1.807) is 0 Å². The number of aliphatic carboxylic acids is 1. The van der Waals surface area contributed by atoms with Crippen molar-refractivity contribution in [2.24, 2.45) is 5.41 Å². The highest BCUT2D eigenvalue weighted by Crippen LogP contribution is 2.19. The summed E-state index contributed by atoms with van der Waals surface area (Å²) in [6, 6.07) is 7.64. The standard InChI is InChI=1S/C15H21NO4/c1-11-5-4-6-12(9-11)20-8-7-16-13(17)10-15(2,3)14(18)19/h4-6,9H,7-8,10H2,1-3H3,(H,16,17)(H,18,19). The van der Waals surface area contributed by atoms with Crippen molar-refractivity contribution in [2.75, 3.05) is 13.2 Å². The highest BCUT2D eigenvalue weighted by Gasteiger charge is 2.29. The van der Waals surface area contributed by atoms with Gasteiger partial charge >= 0.3 is 5.97 Å². The normalized spacial score (nSPS) is 10.9. The van der Waals surface area contributed by atoms with Gasteiger partial charge in [0.1, 0.15) is 12.4 Å². The Morgan fingerprint density at radius 3 is 2.65 bits per heavy atom. The first-order valence-corrected chi connectivity index (χ1v) is 6.51. The Hall–Kier alpha value is -2.04. The van der Waals surface area contributed by atoms with Crippen LogP contribution in [-0.2, 0) is 9.59 Å². The van der Waals surface area contributed by atoms with Gasteiger partial charge in [0.15, 0.2) is 0 Å². The Bertz CT molecular complexity index is 483. The molecule has 1 amide bonds. The maximum Gasteiger partial charge on any atom is 0.309 e. The van der Waals surface area contributed by atoms with Crippen LogP contribution in [0.4, 0.5) is 0 Å². The molecule has 0 aliphatic heterocycles. The van der Waals surface area contributed by atoms with Gasteiger partial charge in [0.25, 0.3) is 0 Å². The van der Waals surface area contributed by atoms with Gasteiger partial charge < -0.3 is 15.2 Å². The molecular formula is C15H21NO4. The van der Waals surface area contributed by atoms with Gasteiger partial charge in [-0.2, -0.15) is 0 Å². The molecule has 0 atom stereocenters. The topological polar surface area (TPSA) is 75.6 Å². The van der Waals surface area contributed by atoms with Crippen LogP contribution in [0, 0.1) is 12.3 Å². The molecular weight excluding hydrogens is 258 g/mol. The van der Waals surface area contributed by atoms with E-state index in [-0.39, 0.29) is 12.3 Å². The summed E-state index contributed by atoms with van der Waals surface area (Å²) in [6.07, 6.45) is -0.0488. The zero-order valence-electron chi connectivity index (χ0n) is 12.1. The second kappa shape index (κ2) is 6.93. The third-order valence-electron chi connectivity index (χ3n) is 2.86. The lowest BCUT2D eigenvalue weighted by molar-refractivity contribution is -0.149. The molecule has 0 aliphatic rings. The van der Waals surface area contributed by atoms with Crippen LogP contribution in [0.1, 0.15) is 25.8 Å². The van der Waals surface area contributed by atoms with Gasteiger partial charge in [0.05, 0.1) is 12.0 Å². The number of aryl methyl sites for hydroxylation is 1. The van der Waals surface area contributed by atoms with E-state index in [0.29, 0.717) is 13.2 Å². The fourth-order valence-electron chi connectivity index (χ4n) is 1.60. The molecule has 1 aromatic carbocycles. The largest absolute Gasteiger partial charge is 0.492 e. The molecule has 0 fully saturated rings. The van der Waals surface area contributed by atoms with Crippen molar-refractivity contribution in [2.45, 2.75) is 27.2 Å². The maximum absolute atomic E-state index is 11.6. The molecule has 0 saturated heterocycles. The fraction of sp³-hybridized carbons (Fsp3) is 0.467. The number of hydrogen-bond acceptors (Lipinski definition) is 3. The minimum absolute atomic E-state index is 0.0488. The van der Waals surface area contributed by atoms with E-state index in [0.717, 1.165) is 11.3 Å². The van der Waals surface area contributed by atoms with Crippen LogP contribution < -0.4 is 10.1 Å². The average Bonchev–Trinajstić information content (AvgIpc) is 2.34. The number of carbonyl (C=O) groups excluding carboxylic acids is 1. The molecule has 1 aromatic rings. The predicted molar refractivity (Wildman–Crippen MR) is 75.7 cm³/mol. The van der Waals surface area contributed by atoms with Crippen molar-refractivity contribution in [1.29, 1.82) is 0 Å². The number of nitrogens with one attached hydrogen (secondary N) is 1. The highest BCUT2D eigenvalue weighted by molar-refractivity contribution is 5.84. The van der Waals surface area contributed by atoms with E-state index in [4.69, 9.17) is 9.84 Å². The summed E-state index contributed by atoms with van der Waals surface area (Å²) >= 11 is 0. The summed E-state index contributed by atoms with van der Waals surface area (Å²) in [6.45, 7) is 5.73. The molecule has 0 saturated carbocycles. The Balaban J connectivity index is 2.28. The number of carboxylic acid groups (broad SMARTS) is 1. The van der Waals surface area contributed by atoms with Crippen LogP contribution in [0.15, 0.2) is 24.3 Å². The van der Waals surface area contributed by atoms with Crippen LogP contribution in [0.25, 0.3) is 0 Å². The summed E-state index contributed by atoms with van der Waals surface area (Å²) in [7, 11) is 0. The molecule has 0 aromatic heterocycles. The van der Waals surface area contributed by atoms with Gasteiger partial charge in [-0.3, -0.25) is 9.59 Å². The van der Waals surface area contributed by atoms with Crippen molar-refractivity contribution >= 4 is 11.9 Å². The van der Waals surface area contributed by atoms with Crippen molar-refractivity contribution in [1.82, 2.24) is 5.32 Å². The Labute approximate surface area is 118 Å². The molecule has 0 spiro atoms. The number of carbonyl (C=O) groups is 2.